The largest absolute Gasteiger partial charge is 0.493 e. The van der Waals surface area contributed by atoms with Crippen LogP contribution in [0, 0.1) is 0 Å². The van der Waals surface area contributed by atoms with Gasteiger partial charge in [0.2, 0.25) is 5.75 Å². The second kappa shape index (κ2) is 9.52. The zero-order chi connectivity index (χ0) is 24.4. The number of benzene rings is 2. The highest BCUT2D eigenvalue weighted by atomic mass is 35.5. The third kappa shape index (κ3) is 4.32. The van der Waals surface area contributed by atoms with Gasteiger partial charge in [-0.1, -0.05) is 11.6 Å². The first-order valence-corrected chi connectivity index (χ1v) is 10.7. The van der Waals surface area contributed by atoms with E-state index >= 15 is 0 Å². The van der Waals surface area contributed by atoms with Gasteiger partial charge in [-0.25, -0.2) is 14.3 Å². The quantitative estimate of drug-likeness (QED) is 0.544. The average Bonchev–Trinajstić information content (AvgIpc) is 3.23. The first-order valence-electron chi connectivity index (χ1n) is 10.3. The maximum absolute atomic E-state index is 13.0. The number of carbonyl (C=O) groups excluding carboxylic acids is 1. The molecule has 1 aliphatic rings. The summed E-state index contributed by atoms with van der Waals surface area (Å²) < 4.78 is 17.6. The van der Waals surface area contributed by atoms with Gasteiger partial charge in [-0.2, -0.15) is 5.10 Å². The average molecular weight is 487 g/mol. The lowest BCUT2D eigenvalue weighted by Crippen LogP contribution is -2.39. The summed E-state index contributed by atoms with van der Waals surface area (Å²) in [4.78, 5) is 26.5. The van der Waals surface area contributed by atoms with Crippen LogP contribution in [-0.4, -0.2) is 59.7 Å². The number of hydrogen-bond donors (Lipinski definition) is 2. The van der Waals surface area contributed by atoms with Gasteiger partial charge in [-0.15, -0.1) is 0 Å². The van der Waals surface area contributed by atoms with E-state index in [0.29, 0.717) is 52.2 Å². The Balaban J connectivity index is 1.60. The Kier molecular flexibility index (Phi) is 6.51. The van der Waals surface area contributed by atoms with Crippen molar-refractivity contribution < 1.29 is 28.9 Å². The molecule has 4 rings (SSSR count). The normalized spacial score (nSPS) is 12.6. The van der Waals surface area contributed by atoms with Gasteiger partial charge in [0.05, 0.1) is 44.9 Å². The predicted molar refractivity (Wildman–Crippen MR) is 125 cm³/mol. The van der Waals surface area contributed by atoms with Crippen molar-refractivity contribution in [3.8, 4) is 22.9 Å². The van der Waals surface area contributed by atoms with E-state index in [0.717, 1.165) is 5.69 Å². The fourth-order valence-electron chi connectivity index (χ4n) is 3.92. The van der Waals surface area contributed by atoms with Crippen LogP contribution in [0.3, 0.4) is 0 Å². The molecular weight excluding hydrogens is 464 g/mol. The first-order chi connectivity index (χ1) is 16.4. The van der Waals surface area contributed by atoms with Gasteiger partial charge >= 0.3 is 12.0 Å². The highest BCUT2D eigenvalue weighted by Gasteiger charge is 2.31. The lowest BCUT2D eigenvalue weighted by molar-refractivity contribution is 0.0687. The molecule has 2 amide bonds. The van der Waals surface area contributed by atoms with Crippen LogP contribution in [-0.2, 0) is 13.0 Å². The van der Waals surface area contributed by atoms with Crippen LogP contribution in [0.5, 0.6) is 17.2 Å². The van der Waals surface area contributed by atoms with E-state index < -0.39 is 12.0 Å². The SMILES string of the molecule is COc1cc(NC(=O)N2CCc3c(c(C(=O)O)nn3-c3ccc(Cl)cc3)C2)cc(OC)c1OC. The summed E-state index contributed by atoms with van der Waals surface area (Å²) in [5, 5.41) is 17.4. The number of aromatic nitrogens is 2. The number of halogens is 1. The van der Waals surface area contributed by atoms with E-state index in [1.54, 1.807) is 41.1 Å². The molecule has 0 aliphatic carbocycles. The number of amides is 2. The van der Waals surface area contributed by atoms with E-state index in [2.05, 4.69) is 10.4 Å². The van der Waals surface area contributed by atoms with Crippen LogP contribution < -0.4 is 19.5 Å². The fraction of sp³-hybridized carbons (Fsp3) is 0.261. The van der Waals surface area contributed by atoms with Crippen LogP contribution in [0.25, 0.3) is 5.69 Å². The zero-order valence-corrected chi connectivity index (χ0v) is 19.5. The summed E-state index contributed by atoms with van der Waals surface area (Å²) in [6.07, 6.45) is 0.431. The van der Waals surface area contributed by atoms with Crippen molar-refractivity contribution >= 4 is 29.3 Å². The number of carboxylic acids is 1. The predicted octanol–water partition coefficient (Wildman–Crippen LogP) is 3.84. The molecule has 0 unspecified atom stereocenters. The highest BCUT2D eigenvalue weighted by Crippen LogP contribution is 2.40. The number of nitrogens with zero attached hydrogens (tertiary/aromatic N) is 3. The number of rotatable bonds is 6. The van der Waals surface area contributed by atoms with Gasteiger partial charge in [-0.05, 0) is 24.3 Å². The summed E-state index contributed by atoms with van der Waals surface area (Å²) in [7, 11) is 4.47. The van der Waals surface area contributed by atoms with E-state index in [4.69, 9.17) is 25.8 Å². The number of fused-ring (bicyclic) bond motifs is 1. The number of urea groups is 1. The smallest absolute Gasteiger partial charge is 0.356 e. The molecule has 11 heteroatoms. The second-order valence-corrected chi connectivity index (χ2v) is 7.92. The van der Waals surface area contributed by atoms with Crippen LogP contribution >= 0.6 is 11.6 Å². The van der Waals surface area contributed by atoms with E-state index in [1.807, 2.05) is 0 Å². The Morgan fingerprint density at radius 2 is 1.71 bits per heavy atom. The number of ether oxygens (including phenoxy) is 3. The summed E-state index contributed by atoms with van der Waals surface area (Å²) in [5.41, 5.74) is 2.30. The minimum absolute atomic E-state index is 0.0877. The highest BCUT2D eigenvalue weighted by molar-refractivity contribution is 6.30. The van der Waals surface area contributed by atoms with Crippen LogP contribution in [0.1, 0.15) is 21.7 Å². The number of aromatic carboxylic acids is 1. The third-order valence-corrected chi connectivity index (χ3v) is 5.79. The Hall–Kier alpha value is -3.92. The number of carbonyl (C=O) groups is 2. The lowest BCUT2D eigenvalue weighted by atomic mass is 10.1. The molecule has 2 N–H and O–H groups in total. The molecule has 2 heterocycles. The molecule has 0 fully saturated rings. The van der Waals surface area contributed by atoms with Crippen molar-refractivity contribution in [1.29, 1.82) is 0 Å². The van der Waals surface area contributed by atoms with Crippen molar-refractivity contribution in [2.75, 3.05) is 33.2 Å². The lowest BCUT2D eigenvalue weighted by Gasteiger charge is -2.28. The Bertz CT molecular complexity index is 1220. The van der Waals surface area contributed by atoms with Gasteiger partial charge in [0.1, 0.15) is 0 Å². The molecule has 0 atom stereocenters. The van der Waals surface area contributed by atoms with Gasteiger partial charge in [0.25, 0.3) is 0 Å². The molecule has 1 aliphatic heterocycles. The molecule has 178 valence electrons. The topological polar surface area (TPSA) is 115 Å². The number of nitrogens with one attached hydrogen (secondary N) is 1. The van der Waals surface area contributed by atoms with Crippen molar-refractivity contribution in [3.05, 3.63) is 58.4 Å². The summed E-state index contributed by atoms with van der Waals surface area (Å²) in [6.45, 7) is 0.475. The molecule has 0 radical (unpaired) electrons. The molecule has 0 saturated heterocycles. The van der Waals surface area contributed by atoms with Gasteiger partial charge in [0, 0.05) is 35.7 Å². The maximum Gasteiger partial charge on any atom is 0.356 e. The Labute approximate surface area is 200 Å². The summed E-state index contributed by atoms with van der Waals surface area (Å²) >= 11 is 5.98. The molecule has 0 spiro atoms. The number of carboxylic acid groups (broad SMARTS) is 1. The van der Waals surface area contributed by atoms with E-state index in [9.17, 15) is 14.7 Å². The van der Waals surface area contributed by atoms with E-state index in [-0.39, 0.29) is 12.2 Å². The Morgan fingerprint density at radius 1 is 1.06 bits per heavy atom. The summed E-state index contributed by atoms with van der Waals surface area (Å²) in [5.74, 6) is 0.0492. The zero-order valence-electron chi connectivity index (χ0n) is 18.8. The van der Waals surface area contributed by atoms with Crippen LogP contribution in [0.15, 0.2) is 36.4 Å². The van der Waals surface area contributed by atoms with Gasteiger partial charge in [0.15, 0.2) is 17.2 Å². The molecular formula is C23H23ClN4O6. The van der Waals surface area contributed by atoms with Crippen molar-refractivity contribution in [2.45, 2.75) is 13.0 Å². The monoisotopic (exact) mass is 486 g/mol. The molecule has 0 bridgehead atoms. The van der Waals surface area contributed by atoms with Crippen LogP contribution in [0.4, 0.5) is 10.5 Å². The number of methoxy groups -OCH3 is 3. The fourth-order valence-corrected chi connectivity index (χ4v) is 4.04. The molecule has 1 aromatic heterocycles. The first kappa shape index (κ1) is 23.2. The van der Waals surface area contributed by atoms with Gasteiger partial charge in [-0.3, -0.25) is 0 Å². The van der Waals surface area contributed by atoms with Crippen LogP contribution in [0.2, 0.25) is 5.02 Å². The van der Waals surface area contributed by atoms with Crippen molar-refractivity contribution in [2.24, 2.45) is 0 Å². The third-order valence-electron chi connectivity index (χ3n) is 5.53. The second-order valence-electron chi connectivity index (χ2n) is 7.48. The Morgan fingerprint density at radius 3 is 2.26 bits per heavy atom. The maximum atomic E-state index is 13.0. The minimum atomic E-state index is -1.16. The van der Waals surface area contributed by atoms with Gasteiger partial charge < -0.3 is 29.5 Å². The summed E-state index contributed by atoms with van der Waals surface area (Å²) in [6, 6.07) is 9.81. The molecule has 10 nitrogen and oxygen atoms in total. The molecule has 3 aromatic rings. The molecule has 2 aromatic carbocycles. The van der Waals surface area contributed by atoms with Crippen molar-refractivity contribution in [1.82, 2.24) is 14.7 Å². The van der Waals surface area contributed by atoms with E-state index in [1.165, 1.54) is 26.2 Å². The standard InChI is InChI=1S/C23H23ClN4O6/c1-32-18-10-14(11-19(33-2)21(18)34-3)25-23(31)27-9-8-17-16(12-27)20(22(29)30)26-28(17)15-6-4-13(24)5-7-15/h4-7,10-11H,8-9,12H2,1-3H3,(H,25,31)(H,29,30). The van der Waals surface area contributed by atoms with Crippen molar-refractivity contribution in [3.63, 3.8) is 0 Å². The minimum Gasteiger partial charge on any atom is -0.493 e. The molecule has 34 heavy (non-hydrogen) atoms. The molecule has 0 saturated carbocycles. The number of hydrogen-bond acceptors (Lipinski definition) is 6. The number of anilines is 1.